The van der Waals surface area contributed by atoms with Crippen molar-refractivity contribution >= 4 is 5.91 Å². The lowest BCUT2D eigenvalue weighted by atomic mass is 9.95. The number of aromatic nitrogens is 2. The van der Waals surface area contributed by atoms with E-state index in [0.29, 0.717) is 24.5 Å². The number of hydrogen-bond acceptors (Lipinski definition) is 4. The largest absolute Gasteiger partial charge is 0.360 e. The van der Waals surface area contributed by atoms with Gasteiger partial charge in [0.05, 0.1) is 5.56 Å². The summed E-state index contributed by atoms with van der Waals surface area (Å²) in [4.78, 5) is 15.1. The molecule has 2 atom stereocenters. The van der Waals surface area contributed by atoms with Crippen LogP contribution in [0.15, 0.2) is 47.0 Å². The number of amides is 1. The number of nitrogens with zero attached hydrogens (tertiary/aromatic N) is 3. The molecule has 2 aromatic heterocycles. The molecule has 6 nitrogen and oxygen atoms in total. The van der Waals surface area contributed by atoms with Crippen molar-refractivity contribution in [1.29, 1.82) is 0 Å². The lowest BCUT2D eigenvalue weighted by molar-refractivity contribution is 0.0788. The first-order valence-corrected chi connectivity index (χ1v) is 9.18. The quantitative estimate of drug-likeness (QED) is 0.775. The Bertz CT molecular complexity index is 973. The maximum Gasteiger partial charge on any atom is 0.255 e. The van der Waals surface area contributed by atoms with E-state index in [0.717, 1.165) is 17.1 Å². The van der Waals surface area contributed by atoms with Crippen molar-refractivity contribution in [2.45, 2.75) is 32.7 Å². The molecular weight excluding hydrogens is 340 g/mol. The van der Waals surface area contributed by atoms with Crippen molar-refractivity contribution in [3.63, 3.8) is 0 Å². The molecule has 1 amide bonds. The molecule has 27 heavy (non-hydrogen) atoms. The average Bonchev–Trinajstić information content (AvgIpc) is 3.33. The number of aryl methyl sites for hydroxylation is 2. The van der Waals surface area contributed by atoms with E-state index < -0.39 is 0 Å². The highest BCUT2D eigenvalue weighted by Crippen LogP contribution is 2.29. The third kappa shape index (κ3) is 3.06. The first-order chi connectivity index (χ1) is 13.0. The van der Waals surface area contributed by atoms with E-state index in [4.69, 9.17) is 10.3 Å². The molecule has 2 N–H and O–H groups in total. The first kappa shape index (κ1) is 17.5. The Labute approximate surface area is 158 Å². The highest BCUT2D eigenvalue weighted by Gasteiger charge is 2.35. The molecule has 0 spiro atoms. The van der Waals surface area contributed by atoms with Crippen molar-refractivity contribution in [3.8, 4) is 5.82 Å². The van der Waals surface area contributed by atoms with E-state index in [9.17, 15) is 4.79 Å². The summed E-state index contributed by atoms with van der Waals surface area (Å²) in [6.45, 7) is 6.96. The molecule has 0 unspecified atom stereocenters. The Balaban J connectivity index is 1.61. The van der Waals surface area contributed by atoms with Crippen molar-refractivity contribution in [3.05, 3.63) is 70.7 Å². The molecule has 3 aromatic rings. The van der Waals surface area contributed by atoms with Crippen LogP contribution in [0.2, 0.25) is 0 Å². The van der Waals surface area contributed by atoms with Crippen molar-refractivity contribution in [1.82, 2.24) is 14.6 Å². The fourth-order valence-electron chi connectivity index (χ4n) is 4.01. The third-order valence-corrected chi connectivity index (χ3v) is 5.39. The lowest BCUT2D eigenvalue weighted by Crippen LogP contribution is -2.32. The summed E-state index contributed by atoms with van der Waals surface area (Å²) in [5, 5.41) is 4.08. The highest BCUT2D eigenvalue weighted by atomic mass is 16.5. The Morgan fingerprint density at radius 3 is 2.56 bits per heavy atom. The molecule has 0 bridgehead atoms. The van der Waals surface area contributed by atoms with E-state index in [1.165, 1.54) is 5.56 Å². The summed E-state index contributed by atoms with van der Waals surface area (Å²) < 4.78 is 7.15. The third-order valence-electron chi connectivity index (χ3n) is 5.39. The van der Waals surface area contributed by atoms with E-state index in [1.54, 1.807) is 0 Å². The van der Waals surface area contributed by atoms with E-state index in [-0.39, 0.29) is 17.9 Å². The molecule has 0 radical (unpaired) electrons. The fourth-order valence-corrected chi connectivity index (χ4v) is 4.01. The van der Waals surface area contributed by atoms with Gasteiger partial charge in [-0.15, -0.1) is 0 Å². The molecule has 1 aliphatic rings. The van der Waals surface area contributed by atoms with Crippen LogP contribution in [-0.2, 0) is 0 Å². The SMILES string of the molecule is Cc1cc(-n2c(C)cc(C(=O)N3C[C@@H](N)[C@H](c4ccccc4)C3)c2C)no1. The number of likely N-dealkylation sites (tertiary alicyclic amines) is 1. The molecule has 1 aliphatic heterocycles. The van der Waals surface area contributed by atoms with Crippen molar-refractivity contribution in [2.75, 3.05) is 13.1 Å². The van der Waals surface area contributed by atoms with E-state index in [2.05, 4.69) is 17.3 Å². The number of benzene rings is 1. The number of hydrogen-bond donors (Lipinski definition) is 1. The molecule has 0 saturated carbocycles. The minimum atomic E-state index is -0.0574. The second-order valence-electron chi connectivity index (χ2n) is 7.31. The minimum Gasteiger partial charge on any atom is -0.360 e. The van der Waals surface area contributed by atoms with Crippen LogP contribution in [0.4, 0.5) is 0 Å². The van der Waals surface area contributed by atoms with Gasteiger partial charge in [0.15, 0.2) is 5.82 Å². The van der Waals surface area contributed by atoms with Gasteiger partial charge in [0.25, 0.3) is 5.91 Å². The molecule has 140 valence electrons. The van der Waals surface area contributed by atoms with Gasteiger partial charge in [-0.1, -0.05) is 35.5 Å². The van der Waals surface area contributed by atoms with Gasteiger partial charge in [0.2, 0.25) is 0 Å². The zero-order chi connectivity index (χ0) is 19.1. The summed E-state index contributed by atoms with van der Waals surface area (Å²) >= 11 is 0. The summed E-state index contributed by atoms with van der Waals surface area (Å²) in [5.41, 5.74) is 10.1. The maximum atomic E-state index is 13.2. The first-order valence-electron chi connectivity index (χ1n) is 9.18. The number of rotatable bonds is 3. The normalized spacial score (nSPS) is 19.6. The van der Waals surface area contributed by atoms with Crippen LogP contribution < -0.4 is 5.73 Å². The van der Waals surface area contributed by atoms with Crippen LogP contribution in [-0.4, -0.2) is 39.7 Å². The molecule has 1 aromatic carbocycles. The van der Waals surface area contributed by atoms with Crippen molar-refractivity contribution in [2.24, 2.45) is 5.73 Å². The summed E-state index contributed by atoms with van der Waals surface area (Å²) in [5.74, 6) is 1.61. The van der Waals surface area contributed by atoms with Gasteiger partial charge in [0.1, 0.15) is 5.76 Å². The Morgan fingerprint density at radius 1 is 1.15 bits per heavy atom. The van der Waals surface area contributed by atoms with E-state index >= 15 is 0 Å². The maximum absolute atomic E-state index is 13.2. The highest BCUT2D eigenvalue weighted by molar-refractivity contribution is 5.96. The molecule has 1 saturated heterocycles. The van der Waals surface area contributed by atoms with Crippen LogP contribution >= 0.6 is 0 Å². The van der Waals surface area contributed by atoms with Gasteiger partial charge in [0, 0.05) is 42.5 Å². The minimum absolute atomic E-state index is 0.0171. The number of nitrogens with two attached hydrogens (primary N) is 1. The molecule has 1 fully saturated rings. The Morgan fingerprint density at radius 2 is 1.89 bits per heavy atom. The summed E-state index contributed by atoms with van der Waals surface area (Å²) in [7, 11) is 0. The van der Waals surface area contributed by atoms with Gasteiger partial charge < -0.3 is 15.2 Å². The smallest absolute Gasteiger partial charge is 0.255 e. The zero-order valence-electron chi connectivity index (χ0n) is 15.8. The van der Waals surface area contributed by atoms with E-state index in [1.807, 2.05) is 60.6 Å². The average molecular weight is 364 g/mol. The Kier molecular flexibility index (Phi) is 4.36. The Hall–Kier alpha value is -2.86. The topological polar surface area (TPSA) is 77.3 Å². The van der Waals surface area contributed by atoms with Gasteiger partial charge >= 0.3 is 0 Å². The molecule has 4 rings (SSSR count). The van der Waals surface area contributed by atoms with Gasteiger partial charge in [-0.05, 0) is 32.4 Å². The second kappa shape index (κ2) is 6.70. The lowest BCUT2D eigenvalue weighted by Gasteiger charge is -2.16. The molecule has 0 aliphatic carbocycles. The summed E-state index contributed by atoms with van der Waals surface area (Å²) in [6, 6.07) is 13.9. The standard InChI is InChI=1S/C21H24N4O2/c1-13-9-17(15(3)25(13)20-10-14(2)27-23-20)21(26)24-11-18(19(22)12-24)16-7-5-4-6-8-16/h4-10,18-19H,11-12,22H2,1-3H3/t18-,19+/m0/s1. The van der Waals surface area contributed by atoms with Crippen LogP contribution in [0, 0.1) is 20.8 Å². The van der Waals surface area contributed by atoms with Gasteiger partial charge in [-0.2, -0.15) is 0 Å². The molecule has 3 heterocycles. The van der Waals surface area contributed by atoms with Crippen LogP contribution in [0.25, 0.3) is 5.82 Å². The number of carbonyl (C=O) groups excluding carboxylic acids is 1. The second-order valence-corrected chi connectivity index (χ2v) is 7.31. The monoisotopic (exact) mass is 364 g/mol. The zero-order valence-corrected chi connectivity index (χ0v) is 15.8. The number of carbonyl (C=O) groups is 1. The summed E-state index contributed by atoms with van der Waals surface area (Å²) in [6.07, 6.45) is 0. The van der Waals surface area contributed by atoms with Crippen LogP contribution in [0.1, 0.15) is 39.0 Å². The predicted molar refractivity (Wildman–Crippen MR) is 103 cm³/mol. The predicted octanol–water partition coefficient (Wildman–Crippen LogP) is 2.96. The van der Waals surface area contributed by atoms with Gasteiger partial charge in [-0.25, -0.2) is 0 Å². The molecular formula is C21H24N4O2. The fraction of sp³-hybridized carbons (Fsp3) is 0.333. The van der Waals surface area contributed by atoms with Crippen LogP contribution in [0.3, 0.4) is 0 Å². The molecule has 6 heteroatoms. The van der Waals surface area contributed by atoms with Gasteiger partial charge in [-0.3, -0.25) is 9.36 Å². The van der Waals surface area contributed by atoms with Crippen molar-refractivity contribution < 1.29 is 9.32 Å². The van der Waals surface area contributed by atoms with Crippen LogP contribution in [0.5, 0.6) is 0 Å².